The molecule has 0 aliphatic carbocycles. The van der Waals surface area contributed by atoms with Gasteiger partial charge in [0.05, 0.1) is 5.69 Å². The van der Waals surface area contributed by atoms with E-state index >= 15 is 0 Å². The number of anilines is 3. The van der Waals surface area contributed by atoms with Gasteiger partial charge in [-0.25, -0.2) is 0 Å². The van der Waals surface area contributed by atoms with Crippen molar-refractivity contribution in [2.75, 3.05) is 4.90 Å². The van der Waals surface area contributed by atoms with Crippen LogP contribution in [-0.4, -0.2) is 4.98 Å². The van der Waals surface area contributed by atoms with Gasteiger partial charge in [-0.15, -0.1) is 0 Å². The van der Waals surface area contributed by atoms with Crippen LogP contribution in [0.1, 0.15) is 11.3 Å². The van der Waals surface area contributed by atoms with Gasteiger partial charge in [-0.3, -0.25) is 4.98 Å². The molecule has 0 spiro atoms. The molecular weight excluding hydrogens is 482 g/mol. The smallest absolute Gasteiger partial charge is 0.138 e. The Morgan fingerprint density at radius 3 is 2.46 bits per heavy atom. The monoisotopic (exact) mass is 505 g/mol. The van der Waals surface area contributed by atoms with Crippen molar-refractivity contribution in [3.63, 3.8) is 0 Å². The molecule has 1 aliphatic rings. The number of nitrogens with one attached hydrogen (secondary N) is 1. The average molecular weight is 506 g/mol. The number of para-hydroxylation sites is 1. The highest BCUT2D eigenvalue weighted by Gasteiger charge is 2.21. The fraction of sp³-hybridized carbons (Fsp3) is 0.0294. The van der Waals surface area contributed by atoms with Crippen molar-refractivity contribution in [3.8, 4) is 11.1 Å². The lowest BCUT2D eigenvalue weighted by Gasteiger charge is -2.28. The van der Waals surface area contributed by atoms with E-state index in [1.807, 2.05) is 36.7 Å². The minimum atomic E-state index is 0.761. The zero-order chi connectivity index (χ0) is 25.8. The zero-order valence-electron chi connectivity index (χ0n) is 21.0. The number of nitrogens with zero attached hydrogens (tertiary/aromatic N) is 2. The molecule has 0 fully saturated rings. The Balaban J connectivity index is 1.38. The second kappa shape index (κ2) is 8.64. The van der Waals surface area contributed by atoms with Gasteiger partial charge in [-0.2, -0.15) is 0 Å². The largest absolute Gasteiger partial charge is 0.456 e. The lowest BCUT2D eigenvalue weighted by Crippen LogP contribution is -2.11. The van der Waals surface area contributed by atoms with Crippen molar-refractivity contribution in [2.45, 2.75) is 6.54 Å². The number of aromatic nitrogens is 1. The van der Waals surface area contributed by atoms with Gasteiger partial charge < -0.3 is 19.1 Å². The first-order valence-corrected chi connectivity index (χ1v) is 13.0. The first kappa shape index (κ1) is 21.8. The molecule has 0 radical (unpaired) electrons. The summed E-state index contributed by atoms with van der Waals surface area (Å²) < 4.78 is 12.4. The van der Waals surface area contributed by atoms with Gasteiger partial charge in [0, 0.05) is 69.9 Å². The first-order chi connectivity index (χ1) is 19.3. The van der Waals surface area contributed by atoms with E-state index in [9.17, 15) is 0 Å². The van der Waals surface area contributed by atoms with Gasteiger partial charge in [0.25, 0.3) is 0 Å². The highest BCUT2D eigenvalue weighted by atomic mass is 16.3. The molecular formula is C34H23N3O2. The Bertz CT molecular complexity index is 2030. The minimum Gasteiger partial charge on any atom is -0.456 e. The second-order valence-electron chi connectivity index (χ2n) is 9.71. The molecule has 1 aliphatic heterocycles. The summed E-state index contributed by atoms with van der Waals surface area (Å²) in [5.74, 6) is 0.913. The molecule has 0 saturated heterocycles. The SMILES string of the molecule is C1=Cc2oc3cc(N(c4ccc5oc6ccncc6c5c4)c4ccccc4-c4ccccc4)ccc3c2CN1. The normalized spacial score (nSPS) is 12.6. The topological polar surface area (TPSA) is 54.4 Å². The quantitative estimate of drug-likeness (QED) is 0.259. The van der Waals surface area contributed by atoms with E-state index in [1.54, 1.807) is 6.20 Å². The molecule has 8 rings (SSSR count). The van der Waals surface area contributed by atoms with Crippen molar-refractivity contribution in [2.24, 2.45) is 0 Å². The number of hydrogen-bond donors (Lipinski definition) is 1. The van der Waals surface area contributed by atoms with Crippen LogP contribution in [0, 0.1) is 0 Å². The van der Waals surface area contributed by atoms with Crippen LogP contribution in [0.15, 0.2) is 124 Å². The number of rotatable bonds is 4. The third kappa shape index (κ3) is 3.51. The summed E-state index contributed by atoms with van der Waals surface area (Å²) in [6.07, 6.45) is 7.56. The van der Waals surface area contributed by atoms with Crippen LogP contribution >= 0.6 is 0 Å². The van der Waals surface area contributed by atoms with Crippen LogP contribution in [0.2, 0.25) is 0 Å². The molecule has 3 aromatic heterocycles. The molecule has 0 atom stereocenters. The summed E-state index contributed by atoms with van der Waals surface area (Å²) in [4.78, 5) is 6.65. The summed E-state index contributed by atoms with van der Waals surface area (Å²) in [6.45, 7) is 0.761. The van der Waals surface area contributed by atoms with E-state index < -0.39 is 0 Å². The molecule has 39 heavy (non-hydrogen) atoms. The van der Waals surface area contributed by atoms with Gasteiger partial charge in [-0.1, -0.05) is 48.5 Å². The predicted molar refractivity (Wildman–Crippen MR) is 157 cm³/mol. The predicted octanol–water partition coefficient (Wildman–Crippen LogP) is 8.94. The third-order valence-electron chi connectivity index (χ3n) is 7.44. The maximum Gasteiger partial charge on any atom is 0.138 e. The van der Waals surface area contributed by atoms with E-state index in [0.29, 0.717) is 0 Å². The number of hydrogen-bond acceptors (Lipinski definition) is 5. The number of fused-ring (bicyclic) bond motifs is 6. The molecule has 4 aromatic carbocycles. The number of benzene rings is 4. The van der Waals surface area contributed by atoms with Gasteiger partial charge in [0.2, 0.25) is 0 Å². The lowest BCUT2D eigenvalue weighted by molar-refractivity contribution is 0.592. The van der Waals surface area contributed by atoms with Crippen LogP contribution in [0.25, 0.3) is 50.1 Å². The fourth-order valence-electron chi connectivity index (χ4n) is 5.61. The Hall–Kier alpha value is -5.29. The lowest BCUT2D eigenvalue weighted by atomic mass is 10.0. The summed E-state index contributed by atoms with van der Waals surface area (Å²) in [7, 11) is 0. The molecule has 5 nitrogen and oxygen atoms in total. The third-order valence-corrected chi connectivity index (χ3v) is 7.44. The van der Waals surface area contributed by atoms with E-state index in [1.165, 1.54) is 5.56 Å². The maximum atomic E-state index is 6.31. The van der Waals surface area contributed by atoms with Crippen LogP contribution in [0.4, 0.5) is 17.1 Å². The molecule has 7 aromatic rings. The van der Waals surface area contributed by atoms with E-state index in [-0.39, 0.29) is 0 Å². The van der Waals surface area contributed by atoms with Crippen molar-refractivity contribution >= 4 is 56.0 Å². The van der Waals surface area contributed by atoms with Crippen LogP contribution in [0.3, 0.4) is 0 Å². The van der Waals surface area contributed by atoms with Gasteiger partial charge >= 0.3 is 0 Å². The Morgan fingerprint density at radius 2 is 1.51 bits per heavy atom. The highest BCUT2D eigenvalue weighted by molar-refractivity contribution is 6.06. The molecule has 4 heterocycles. The number of pyridine rings is 1. The van der Waals surface area contributed by atoms with E-state index in [0.717, 1.165) is 73.4 Å². The van der Waals surface area contributed by atoms with Crippen molar-refractivity contribution in [1.82, 2.24) is 10.3 Å². The first-order valence-electron chi connectivity index (χ1n) is 13.0. The van der Waals surface area contributed by atoms with Crippen LogP contribution < -0.4 is 10.2 Å². The van der Waals surface area contributed by atoms with Crippen LogP contribution in [-0.2, 0) is 6.54 Å². The molecule has 0 unspecified atom stereocenters. The molecule has 1 N–H and O–H groups in total. The van der Waals surface area contributed by atoms with E-state index in [2.05, 4.69) is 94.1 Å². The average Bonchev–Trinajstić information content (AvgIpc) is 3.56. The molecule has 0 bridgehead atoms. The number of furan rings is 2. The van der Waals surface area contributed by atoms with Crippen LogP contribution in [0.5, 0.6) is 0 Å². The summed E-state index contributed by atoms with van der Waals surface area (Å²) in [5, 5.41) is 6.46. The van der Waals surface area contributed by atoms with Gasteiger partial charge in [0.1, 0.15) is 22.5 Å². The summed E-state index contributed by atoms with van der Waals surface area (Å²) >= 11 is 0. The summed E-state index contributed by atoms with van der Waals surface area (Å²) in [5.41, 5.74) is 9.14. The summed E-state index contributed by atoms with van der Waals surface area (Å²) in [6, 6.07) is 33.8. The van der Waals surface area contributed by atoms with Crippen molar-refractivity contribution < 1.29 is 8.83 Å². The van der Waals surface area contributed by atoms with Gasteiger partial charge in [0.15, 0.2) is 0 Å². The van der Waals surface area contributed by atoms with Crippen molar-refractivity contribution in [1.29, 1.82) is 0 Å². The minimum absolute atomic E-state index is 0.761. The molecule has 186 valence electrons. The maximum absolute atomic E-state index is 6.31. The highest BCUT2D eigenvalue weighted by Crippen LogP contribution is 2.44. The fourth-order valence-corrected chi connectivity index (χ4v) is 5.61. The Labute approximate surface area is 224 Å². The Morgan fingerprint density at radius 1 is 0.692 bits per heavy atom. The zero-order valence-corrected chi connectivity index (χ0v) is 21.0. The second-order valence-corrected chi connectivity index (χ2v) is 9.71. The Kier molecular flexibility index (Phi) is 4.82. The standard InChI is InChI=1S/C34H23N3O2/c1-2-6-22(7-3-1)25-8-4-5-9-30(25)37(23-11-13-31-27(18-23)29-21-36-17-15-33(29)38-31)24-10-12-26-28-20-35-16-14-32(28)39-34(26)19-24/h1-19,21,35H,20H2. The van der Waals surface area contributed by atoms with Crippen molar-refractivity contribution in [3.05, 3.63) is 127 Å². The van der Waals surface area contributed by atoms with E-state index in [4.69, 9.17) is 8.83 Å². The molecule has 5 heteroatoms. The van der Waals surface area contributed by atoms with Gasteiger partial charge in [-0.05, 0) is 54.1 Å². The molecule has 0 amide bonds. The molecule has 0 saturated carbocycles.